The summed E-state index contributed by atoms with van der Waals surface area (Å²) in [7, 11) is 0. The third-order valence-electron chi connectivity index (χ3n) is 1.72. The van der Waals surface area contributed by atoms with Gasteiger partial charge in [0.2, 0.25) is 0 Å². The predicted molar refractivity (Wildman–Crippen MR) is 57.0 cm³/mol. The van der Waals surface area contributed by atoms with Crippen molar-refractivity contribution in [2.45, 2.75) is 26.7 Å². The van der Waals surface area contributed by atoms with Crippen molar-refractivity contribution in [3.05, 3.63) is 17.0 Å². The first kappa shape index (κ1) is 9.87. The lowest BCUT2D eigenvalue weighted by Gasteiger charge is -2.00. The van der Waals surface area contributed by atoms with Crippen LogP contribution in [0.5, 0.6) is 0 Å². The maximum absolute atomic E-state index is 5.46. The van der Waals surface area contributed by atoms with Crippen LogP contribution in [0.2, 0.25) is 0 Å². The maximum atomic E-state index is 5.46. The van der Waals surface area contributed by atoms with Gasteiger partial charge in [0.05, 0.1) is 0 Å². The van der Waals surface area contributed by atoms with E-state index in [4.69, 9.17) is 11.8 Å². The SMILES string of the molecule is CC(C)CCc1ccc(NCl)s1. The predicted octanol–water partition coefficient (Wildman–Crippen LogP) is 3.90. The highest BCUT2D eigenvalue weighted by Gasteiger charge is 2.00. The number of nitrogens with one attached hydrogen (secondary N) is 1. The molecule has 0 bridgehead atoms. The van der Waals surface area contributed by atoms with Gasteiger partial charge in [0.1, 0.15) is 5.00 Å². The van der Waals surface area contributed by atoms with Crippen LogP contribution in [0.15, 0.2) is 12.1 Å². The molecule has 0 unspecified atom stereocenters. The van der Waals surface area contributed by atoms with Crippen LogP contribution in [0, 0.1) is 5.92 Å². The summed E-state index contributed by atoms with van der Waals surface area (Å²) in [6, 6.07) is 4.16. The van der Waals surface area contributed by atoms with Gasteiger partial charge < -0.3 is 0 Å². The molecular weight excluding hydrogens is 190 g/mol. The minimum absolute atomic E-state index is 0.777. The van der Waals surface area contributed by atoms with Crippen molar-refractivity contribution in [1.82, 2.24) is 0 Å². The lowest BCUT2D eigenvalue weighted by atomic mass is 10.1. The molecule has 0 aliphatic rings. The Kier molecular flexibility index (Phi) is 3.89. The molecule has 0 saturated carbocycles. The second kappa shape index (κ2) is 4.73. The number of thiophene rings is 1. The highest BCUT2D eigenvalue weighted by molar-refractivity contribution is 7.16. The molecule has 12 heavy (non-hydrogen) atoms. The molecule has 0 aromatic carbocycles. The van der Waals surface area contributed by atoms with Crippen LogP contribution < -0.4 is 4.84 Å². The summed E-state index contributed by atoms with van der Waals surface area (Å²) < 4.78 is 0. The highest BCUT2D eigenvalue weighted by atomic mass is 35.5. The molecule has 0 aliphatic heterocycles. The van der Waals surface area contributed by atoms with Gasteiger partial charge in [-0.1, -0.05) is 13.8 Å². The third-order valence-corrected chi connectivity index (χ3v) is 3.10. The molecule has 1 heterocycles. The molecule has 0 saturated heterocycles. The Morgan fingerprint density at radius 3 is 2.75 bits per heavy atom. The minimum atomic E-state index is 0.777. The minimum Gasteiger partial charge on any atom is -0.290 e. The molecular formula is C9H14ClNS. The first-order chi connectivity index (χ1) is 5.72. The number of halogens is 1. The fourth-order valence-electron chi connectivity index (χ4n) is 0.994. The largest absolute Gasteiger partial charge is 0.290 e. The van der Waals surface area contributed by atoms with E-state index in [1.165, 1.54) is 17.7 Å². The number of hydrogen-bond acceptors (Lipinski definition) is 2. The summed E-state index contributed by atoms with van der Waals surface area (Å²) in [5.74, 6) is 0.777. The van der Waals surface area contributed by atoms with Crippen LogP contribution in [0.3, 0.4) is 0 Å². The van der Waals surface area contributed by atoms with E-state index in [1.807, 2.05) is 6.07 Å². The van der Waals surface area contributed by atoms with E-state index >= 15 is 0 Å². The summed E-state index contributed by atoms with van der Waals surface area (Å²) >= 11 is 7.20. The number of aryl methyl sites for hydroxylation is 1. The maximum Gasteiger partial charge on any atom is 0.103 e. The number of rotatable bonds is 4. The Labute approximate surface area is 82.9 Å². The van der Waals surface area contributed by atoms with E-state index in [0.717, 1.165) is 10.9 Å². The van der Waals surface area contributed by atoms with Crippen LogP contribution in [0.4, 0.5) is 5.00 Å². The third kappa shape index (κ3) is 3.03. The Morgan fingerprint density at radius 2 is 2.25 bits per heavy atom. The molecule has 0 aliphatic carbocycles. The van der Waals surface area contributed by atoms with Gasteiger partial charge in [0.15, 0.2) is 0 Å². The molecule has 3 heteroatoms. The molecule has 1 N–H and O–H groups in total. The molecule has 1 aromatic rings. The van der Waals surface area contributed by atoms with E-state index in [0.29, 0.717) is 0 Å². The molecule has 1 aromatic heterocycles. The molecule has 0 radical (unpaired) electrons. The van der Waals surface area contributed by atoms with Crippen LogP contribution in [0.1, 0.15) is 25.1 Å². The van der Waals surface area contributed by atoms with Crippen LogP contribution in [0.25, 0.3) is 0 Å². The summed E-state index contributed by atoms with van der Waals surface area (Å²) in [6.45, 7) is 4.49. The van der Waals surface area contributed by atoms with Crippen molar-refractivity contribution in [3.63, 3.8) is 0 Å². The fourth-order valence-corrected chi connectivity index (χ4v) is 1.99. The normalized spacial score (nSPS) is 10.7. The average molecular weight is 204 g/mol. The Bertz CT molecular complexity index is 232. The summed E-state index contributed by atoms with van der Waals surface area (Å²) in [4.78, 5) is 4.03. The first-order valence-corrected chi connectivity index (χ1v) is 5.37. The van der Waals surface area contributed by atoms with Crippen molar-refractivity contribution >= 4 is 28.1 Å². The molecule has 0 atom stereocenters. The Morgan fingerprint density at radius 1 is 1.50 bits per heavy atom. The zero-order valence-corrected chi connectivity index (χ0v) is 9.00. The molecule has 0 amide bonds. The van der Waals surface area contributed by atoms with E-state index in [-0.39, 0.29) is 0 Å². The van der Waals surface area contributed by atoms with Gasteiger partial charge in [-0.15, -0.1) is 11.3 Å². The van der Waals surface area contributed by atoms with E-state index in [9.17, 15) is 0 Å². The van der Waals surface area contributed by atoms with Crippen LogP contribution in [-0.2, 0) is 6.42 Å². The van der Waals surface area contributed by atoms with Gasteiger partial charge in [-0.25, -0.2) is 0 Å². The highest BCUT2D eigenvalue weighted by Crippen LogP contribution is 2.24. The fraction of sp³-hybridized carbons (Fsp3) is 0.556. The average Bonchev–Trinajstić information content (AvgIpc) is 2.48. The smallest absolute Gasteiger partial charge is 0.103 e. The van der Waals surface area contributed by atoms with Gasteiger partial charge in [-0.2, -0.15) is 0 Å². The van der Waals surface area contributed by atoms with Crippen molar-refractivity contribution in [2.75, 3.05) is 4.84 Å². The number of hydrogen-bond donors (Lipinski definition) is 1. The second-order valence-corrected chi connectivity index (χ2v) is 4.65. The van der Waals surface area contributed by atoms with Crippen molar-refractivity contribution in [1.29, 1.82) is 0 Å². The lowest BCUT2D eigenvalue weighted by Crippen LogP contribution is -1.88. The van der Waals surface area contributed by atoms with E-state index in [1.54, 1.807) is 11.3 Å². The Hall–Kier alpha value is -0.210. The quantitative estimate of drug-likeness (QED) is 0.732. The molecule has 1 nitrogen and oxygen atoms in total. The summed E-state index contributed by atoms with van der Waals surface area (Å²) in [5.41, 5.74) is 0. The van der Waals surface area contributed by atoms with Crippen LogP contribution in [-0.4, -0.2) is 0 Å². The van der Waals surface area contributed by atoms with E-state index < -0.39 is 0 Å². The van der Waals surface area contributed by atoms with Crippen LogP contribution >= 0.6 is 23.1 Å². The zero-order valence-electron chi connectivity index (χ0n) is 7.43. The first-order valence-electron chi connectivity index (χ1n) is 4.17. The van der Waals surface area contributed by atoms with Crippen molar-refractivity contribution < 1.29 is 0 Å². The number of anilines is 1. The molecule has 1 rings (SSSR count). The standard InChI is InChI=1S/C9H14ClNS/c1-7(2)3-4-8-5-6-9(11-10)12-8/h5-7,11H,3-4H2,1-2H3. The van der Waals surface area contributed by atoms with Crippen molar-refractivity contribution in [2.24, 2.45) is 5.92 Å². The summed E-state index contributed by atoms with van der Waals surface area (Å²) in [5, 5.41) is 1.04. The molecule has 0 fully saturated rings. The topological polar surface area (TPSA) is 12.0 Å². The zero-order chi connectivity index (χ0) is 8.97. The van der Waals surface area contributed by atoms with Gasteiger partial charge in [-0.05, 0) is 30.9 Å². The lowest BCUT2D eigenvalue weighted by molar-refractivity contribution is 0.590. The monoisotopic (exact) mass is 203 g/mol. The Balaban J connectivity index is 2.41. The van der Waals surface area contributed by atoms with E-state index in [2.05, 4.69) is 24.7 Å². The molecule has 68 valence electrons. The van der Waals surface area contributed by atoms with Gasteiger partial charge >= 0.3 is 0 Å². The van der Waals surface area contributed by atoms with Gasteiger partial charge in [0.25, 0.3) is 0 Å². The van der Waals surface area contributed by atoms with Crippen molar-refractivity contribution in [3.8, 4) is 0 Å². The second-order valence-electron chi connectivity index (χ2n) is 3.29. The van der Waals surface area contributed by atoms with Gasteiger partial charge in [0, 0.05) is 16.7 Å². The summed E-state index contributed by atoms with van der Waals surface area (Å²) in [6.07, 6.45) is 2.42. The molecule has 0 spiro atoms. The van der Waals surface area contributed by atoms with Gasteiger partial charge in [-0.3, -0.25) is 4.84 Å².